The van der Waals surface area contributed by atoms with Gasteiger partial charge < -0.3 is 10.2 Å². The molecule has 0 bridgehead atoms. The minimum atomic E-state index is -0.221. The summed E-state index contributed by atoms with van der Waals surface area (Å²) >= 11 is 12.1. The van der Waals surface area contributed by atoms with E-state index in [0.717, 1.165) is 0 Å². The second-order valence-electron chi connectivity index (χ2n) is 6.53. The summed E-state index contributed by atoms with van der Waals surface area (Å²) in [5, 5.41) is 24.7. The van der Waals surface area contributed by atoms with E-state index in [1.807, 2.05) is 6.07 Å². The molecule has 0 aliphatic carbocycles. The summed E-state index contributed by atoms with van der Waals surface area (Å²) < 4.78 is 0. The number of rotatable bonds is 4. The summed E-state index contributed by atoms with van der Waals surface area (Å²) in [6.45, 7) is 3.51. The average Bonchev–Trinajstić information content (AvgIpc) is 2.74. The molecule has 0 N–H and O–H groups in total. The molecular weight excluding hydrogens is 540 g/mol. The van der Waals surface area contributed by atoms with Gasteiger partial charge in [0.2, 0.25) is 0 Å². The molecule has 0 aliphatic heterocycles. The van der Waals surface area contributed by atoms with E-state index in [1.165, 1.54) is 36.4 Å². The second-order valence-corrected chi connectivity index (χ2v) is 10.3. The van der Waals surface area contributed by atoms with Crippen LogP contribution in [-0.4, -0.2) is 37.5 Å². The molecule has 0 radical (unpaired) electrons. The SMILES string of the molecule is CC(=Nc1cc(Cl)ccc1[O-])c1cccc(C(C)=Nc2cc(Cl)ccc2[O-])n1.[CH3][Sn+2][CH3]. The van der Waals surface area contributed by atoms with Crippen LogP contribution in [0.3, 0.4) is 0 Å². The van der Waals surface area contributed by atoms with Gasteiger partial charge in [0.1, 0.15) is 0 Å². The Morgan fingerprint density at radius 1 is 0.774 bits per heavy atom. The van der Waals surface area contributed by atoms with Crippen molar-refractivity contribution in [1.29, 1.82) is 0 Å². The monoisotopic (exact) mass is 561 g/mol. The fourth-order valence-electron chi connectivity index (χ4n) is 2.47. The zero-order valence-electron chi connectivity index (χ0n) is 17.6. The van der Waals surface area contributed by atoms with Gasteiger partial charge in [0.05, 0.1) is 34.2 Å². The maximum absolute atomic E-state index is 11.9. The van der Waals surface area contributed by atoms with Crippen LogP contribution >= 0.6 is 23.2 Å². The number of aromatic nitrogens is 1. The van der Waals surface area contributed by atoms with E-state index in [-0.39, 0.29) is 44.0 Å². The van der Waals surface area contributed by atoms with E-state index in [9.17, 15) is 10.2 Å². The van der Waals surface area contributed by atoms with Crippen molar-refractivity contribution < 1.29 is 10.2 Å². The van der Waals surface area contributed by atoms with Gasteiger partial charge in [-0.05, 0) is 50.2 Å². The number of aliphatic imine (C=N–C) groups is 2. The first-order chi connectivity index (χ1) is 14.7. The zero-order valence-corrected chi connectivity index (χ0v) is 22.0. The van der Waals surface area contributed by atoms with Crippen molar-refractivity contribution in [2.75, 3.05) is 0 Å². The quantitative estimate of drug-likeness (QED) is 0.307. The predicted molar refractivity (Wildman–Crippen MR) is 127 cm³/mol. The molecular formula is C23H21Cl2N3O2Sn. The van der Waals surface area contributed by atoms with Crippen LogP contribution < -0.4 is 10.2 Å². The molecule has 0 unspecified atom stereocenters. The standard InChI is InChI=1S/C21H17Cl2N3O2.2CH3.Sn/c1-12(24-18-10-14(22)6-8-20(18)27)16-4-3-5-17(26-16)13(2)25-19-11-15(23)7-9-21(19)28;;;/h3-11,27-28H,1-2H3;2*1H3;/q;;;+2/p-2. The summed E-state index contributed by atoms with van der Waals surface area (Å²) in [4.78, 5) is 17.8. The summed E-state index contributed by atoms with van der Waals surface area (Å²) in [5.74, 6) is -0.442. The van der Waals surface area contributed by atoms with Crippen LogP contribution in [-0.2, 0) is 0 Å². The Bertz CT molecular complexity index is 1030. The third-order valence-electron chi connectivity index (χ3n) is 3.91. The van der Waals surface area contributed by atoms with E-state index < -0.39 is 0 Å². The molecule has 0 spiro atoms. The van der Waals surface area contributed by atoms with Crippen molar-refractivity contribution in [3.8, 4) is 11.5 Å². The molecule has 0 saturated heterocycles. The van der Waals surface area contributed by atoms with E-state index in [2.05, 4.69) is 24.8 Å². The predicted octanol–water partition coefficient (Wildman–Crippen LogP) is 5.60. The number of benzene rings is 2. The van der Waals surface area contributed by atoms with E-state index in [4.69, 9.17) is 23.2 Å². The van der Waals surface area contributed by atoms with Crippen molar-refractivity contribution in [3.05, 3.63) is 76.0 Å². The number of hydrogen-bond donors (Lipinski definition) is 0. The van der Waals surface area contributed by atoms with Crippen molar-refractivity contribution >= 4 is 67.1 Å². The summed E-state index contributed by atoms with van der Waals surface area (Å²) in [6.07, 6.45) is 0. The molecule has 5 nitrogen and oxygen atoms in total. The van der Waals surface area contributed by atoms with Gasteiger partial charge in [-0.25, -0.2) is 4.98 Å². The molecule has 0 atom stereocenters. The minimum absolute atomic E-state index is 0.221. The van der Waals surface area contributed by atoms with Gasteiger partial charge in [0.15, 0.2) is 0 Å². The third kappa shape index (κ3) is 7.52. The number of halogens is 2. The van der Waals surface area contributed by atoms with E-state index >= 15 is 0 Å². The maximum atomic E-state index is 11.9. The molecule has 1 heterocycles. The first-order valence-electron chi connectivity index (χ1n) is 9.35. The van der Waals surface area contributed by atoms with Gasteiger partial charge in [-0.2, -0.15) is 0 Å². The molecule has 3 rings (SSSR count). The Morgan fingerprint density at radius 2 is 1.16 bits per heavy atom. The Hall–Kier alpha value is -2.09. The van der Waals surface area contributed by atoms with Gasteiger partial charge in [-0.1, -0.05) is 52.9 Å². The van der Waals surface area contributed by atoms with Crippen LogP contribution in [0.5, 0.6) is 11.5 Å². The van der Waals surface area contributed by atoms with Gasteiger partial charge in [0.25, 0.3) is 0 Å². The topological polar surface area (TPSA) is 83.7 Å². The van der Waals surface area contributed by atoms with Gasteiger partial charge in [0, 0.05) is 10.0 Å². The fraction of sp³-hybridized carbons (Fsp3) is 0.174. The average molecular weight is 561 g/mol. The van der Waals surface area contributed by atoms with E-state index in [0.29, 0.717) is 32.9 Å². The van der Waals surface area contributed by atoms with Crippen molar-refractivity contribution in [1.82, 2.24) is 4.98 Å². The first-order valence-corrected chi connectivity index (χ1v) is 15.8. The molecule has 1 aromatic heterocycles. The molecule has 0 fully saturated rings. The molecule has 31 heavy (non-hydrogen) atoms. The van der Waals surface area contributed by atoms with Crippen molar-refractivity contribution in [2.45, 2.75) is 23.7 Å². The van der Waals surface area contributed by atoms with Gasteiger partial charge in [-0.3, -0.25) is 9.98 Å². The van der Waals surface area contributed by atoms with Crippen LogP contribution in [0.25, 0.3) is 0 Å². The zero-order chi connectivity index (χ0) is 23.0. The van der Waals surface area contributed by atoms with Crippen LogP contribution in [0.1, 0.15) is 25.2 Å². The Labute approximate surface area is 202 Å². The van der Waals surface area contributed by atoms with Crippen molar-refractivity contribution in [2.24, 2.45) is 9.98 Å². The molecule has 0 saturated carbocycles. The number of pyridine rings is 1. The van der Waals surface area contributed by atoms with Crippen LogP contribution in [0, 0.1) is 0 Å². The Morgan fingerprint density at radius 3 is 1.55 bits per heavy atom. The van der Waals surface area contributed by atoms with Crippen LogP contribution in [0.4, 0.5) is 11.4 Å². The third-order valence-corrected chi connectivity index (χ3v) is 4.38. The summed E-state index contributed by atoms with van der Waals surface area (Å²) in [7, 11) is 0. The van der Waals surface area contributed by atoms with Crippen LogP contribution in [0.15, 0.2) is 64.6 Å². The molecule has 158 valence electrons. The van der Waals surface area contributed by atoms with Gasteiger partial charge in [-0.15, -0.1) is 0 Å². The molecule has 3 aromatic rings. The molecule has 8 heteroatoms. The van der Waals surface area contributed by atoms with Crippen molar-refractivity contribution in [3.63, 3.8) is 0 Å². The van der Waals surface area contributed by atoms with E-state index in [1.54, 1.807) is 26.0 Å². The Balaban J connectivity index is 0.00000107. The Kier molecular flexibility index (Phi) is 9.80. The summed E-state index contributed by atoms with van der Waals surface area (Å²) in [6, 6.07) is 14.2. The first kappa shape index (κ1) is 25.2. The molecule has 0 aliphatic rings. The fourth-order valence-corrected chi connectivity index (χ4v) is 2.80. The van der Waals surface area contributed by atoms with Crippen LogP contribution in [0.2, 0.25) is 19.9 Å². The number of nitrogens with zero attached hydrogens (tertiary/aromatic N) is 3. The normalized spacial score (nSPS) is 11.4. The van der Waals surface area contributed by atoms with Gasteiger partial charge >= 0.3 is 31.0 Å². The second kappa shape index (κ2) is 12.1. The molecule has 0 amide bonds. The number of hydrogen-bond acceptors (Lipinski definition) is 5. The molecule has 2 aromatic carbocycles. The summed E-state index contributed by atoms with van der Waals surface area (Å²) in [5.41, 5.74) is 2.78.